The van der Waals surface area contributed by atoms with E-state index >= 15 is 0 Å². The molecule has 4 nitrogen and oxygen atoms in total. The monoisotopic (exact) mass is 518 g/mol. The molecule has 0 saturated carbocycles. The largest absolute Gasteiger partial charge is 2.00 e. The molecular formula is C22H26Cl2N4Ru. The van der Waals surface area contributed by atoms with Crippen LogP contribution in [0.2, 0.25) is 0 Å². The van der Waals surface area contributed by atoms with E-state index in [0.717, 1.165) is 37.6 Å². The maximum absolute atomic E-state index is 4.47. The molecule has 3 rings (SSSR count). The third-order valence-corrected chi connectivity index (χ3v) is 4.43. The summed E-state index contributed by atoms with van der Waals surface area (Å²) in [6.45, 7) is 7.72. The number of nitrogens with one attached hydrogen (secondary N) is 1. The van der Waals surface area contributed by atoms with Crippen LogP contribution in [-0.4, -0.2) is 28.0 Å². The third-order valence-electron chi connectivity index (χ3n) is 4.43. The Morgan fingerprint density at radius 2 is 1.28 bits per heavy atom. The normalized spacial score (nSPS) is 9.76. The van der Waals surface area contributed by atoms with Gasteiger partial charge >= 0.3 is 19.5 Å². The van der Waals surface area contributed by atoms with Gasteiger partial charge in [0.1, 0.15) is 0 Å². The summed E-state index contributed by atoms with van der Waals surface area (Å²) in [5, 5.41) is 3.60. The number of nitrogens with zero attached hydrogens (tertiary/aromatic N) is 3. The van der Waals surface area contributed by atoms with Crippen LogP contribution >= 0.6 is 0 Å². The Kier molecular flexibility index (Phi) is 13.7. The van der Waals surface area contributed by atoms with Crippen LogP contribution in [0, 0.1) is 13.8 Å². The van der Waals surface area contributed by atoms with E-state index in [2.05, 4.69) is 64.4 Å². The van der Waals surface area contributed by atoms with Gasteiger partial charge in [-0.2, -0.15) is 0 Å². The van der Waals surface area contributed by atoms with Crippen molar-refractivity contribution in [2.24, 2.45) is 0 Å². The van der Waals surface area contributed by atoms with Crippen LogP contribution in [0.1, 0.15) is 22.5 Å². The topological polar surface area (TPSA) is 41.0 Å². The van der Waals surface area contributed by atoms with E-state index in [1.54, 1.807) is 0 Å². The predicted octanol–water partition coefficient (Wildman–Crippen LogP) is -1.79. The molecule has 1 N–H and O–H groups in total. The maximum Gasteiger partial charge on any atom is 2.00 e. The van der Waals surface area contributed by atoms with Crippen molar-refractivity contribution in [2.75, 3.05) is 18.4 Å². The Bertz CT molecular complexity index is 758. The number of aryl methyl sites for hydroxylation is 2. The molecule has 156 valence electrons. The van der Waals surface area contributed by atoms with Crippen molar-refractivity contribution in [1.29, 1.82) is 0 Å². The minimum absolute atomic E-state index is 0. The van der Waals surface area contributed by atoms with Gasteiger partial charge in [-0.1, -0.05) is 30.3 Å². The molecule has 3 aromatic rings. The summed E-state index contributed by atoms with van der Waals surface area (Å²) in [5.41, 5.74) is 5.96. The van der Waals surface area contributed by atoms with Crippen molar-refractivity contribution < 1.29 is 44.3 Å². The molecule has 0 amide bonds. The van der Waals surface area contributed by atoms with Gasteiger partial charge in [-0.25, -0.2) is 0 Å². The van der Waals surface area contributed by atoms with Gasteiger partial charge in [-0.15, -0.1) is 0 Å². The van der Waals surface area contributed by atoms with E-state index < -0.39 is 0 Å². The minimum atomic E-state index is 0. The zero-order valence-corrected chi connectivity index (χ0v) is 19.9. The Balaban J connectivity index is 0.00000261. The Hall–Kier alpha value is -1.52. The molecular weight excluding hydrogens is 492 g/mol. The number of rotatable bonds is 8. The van der Waals surface area contributed by atoms with E-state index in [4.69, 9.17) is 0 Å². The van der Waals surface area contributed by atoms with E-state index in [9.17, 15) is 0 Å². The summed E-state index contributed by atoms with van der Waals surface area (Å²) in [6, 6.07) is 18.5. The molecule has 2 aromatic heterocycles. The zero-order chi connectivity index (χ0) is 18.2. The molecule has 1 aromatic carbocycles. The summed E-state index contributed by atoms with van der Waals surface area (Å²) in [4.78, 5) is 11.3. The van der Waals surface area contributed by atoms with E-state index in [0.29, 0.717) is 0 Å². The quantitative estimate of drug-likeness (QED) is 0.358. The van der Waals surface area contributed by atoms with E-state index in [1.165, 1.54) is 16.8 Å². The number of hydrogen-bond acceptors (Lipinski definition) is 4. The SMILES string of the molecule is Cc1cccc(C)c1NCCN(Cc1ccccn1)Cc1ccccn1.[Cl-].[Cl-].[Ru+2]. The number of anilines is 1. The van der Waals surface area contributed by atoms with Crippen LogP contribution in [0.25, 0.3) is 0 Å². The van der Waals surface area contributed by atoms with Crippen molar-refractivity contribution in [3.63, 3.8) is 0 Å². The van der Waals surface area contributed by atoms with Gasteiger partial charge in [0.15, 0.2) is 0 Å². The molecule has 0 saturated heterocycles. The fraction of sp³-hybridized carbons (Fsp3) is 0.273. The molecule has 0 bridgehead atoms. The number of para-hydroxylation sites is 1. The van der Waals surface area contributed by atoms with Crippen molar-refractivity contribution in [3.05, 3.63) is 89.5 Å². The summed E-state index contributed by atoms with van der Waals surface area (Å²) in [6.07, 6.45) is 3.70. The molecule has 0 unspecified atom stereocenters. The van der Waals surface area contributed by atoms with Crippen LogP contribution in [0.15, 0.2) is 67.0 Å². The minimum Gasteiger partial charge on any atom is -1.00 e. The van der Waals surface area contributed by atoms with Crippen molar-refractivity contribution >= 4 is 5.69 Å². The van der Waals surface area contributed by atoms with E-state index in [-0.39, 0.29) is 44.3 Å². The molecule has 0 radical (unpaired) electrons. The third kappa shape index (κ3) is 8.80. The van der Waals surface area contributed by atoms with Gasteiger partial charge in [-0.05, 0) is 49.2 Å². The molecule has 2 heterocycles. The average Bonchev–Trinajstić information content (AvgIpc) is 2.66. The number of hydrogen-bond donors (Lipinski definition) is 1. The fourth-order valence-corrected chi connectivity index (χ4v) is 3.09. The summed E-state index contributed by atoms with van der Waals surface area (Å²) >= 11 is 0. The molecule has 0 fully saturated rings. The second-order valence-corrected chi connectivity index (χ2v) is 6.55. The van der Waals surface area contributed by atoms with E-state index in [1.807, 2.05) is 36.7 Å². The Morgan fingerprint density at radius 1 is 0.759 bits per heavy atom. The fourth-order valence-electron chi connectivity index (χ4n) is 3.09. The second kappa shape index (κ2) is 14.5. The Morgan fingerprint density at radius 3 is 1.72 bits per heavy atom. The number of pyridine rings is 2. The molecule has 0 spiro atoms. The first-order valence-electron chi connectivity index (χ1n) is 9.04. The molecule has 0 atom stereocenters. The van der Waals surface area contributed by atoms with Crippen molar-refractivity contribution in [3.8, 4) is 0 Å². The Labute approximate surface area is 199 Å². The van der Waals surface area contributed by atoms with Crippen molar-refractivity contribution in [2.45, 2.75) is 26.9 Å². The number of halogens is 2. The molecule has 0 aliphatic heterocycles. The molecule has 0 aliphatic rings. The van der Waals surface area contributed by atoms with Gasteiger partial charge in [0.25, 0.3) is 0 Å². The summed E-state index contributed by atoms with van der Waals surface area (Å²) in [5.74, 6) is 0. The average molecular weight is 518 g/mol. The smallest absolute Gasteiger partial charge is 1.00 e. The van der Waals surface area contributed by atoms with Gasteiger partial charge in [0, 0.05) is 44.3 Å². The number of benzene rings is 1. The molecule has 7 heteroatoms. The van der Waals surface area contributed by atoms with Crippen LogP contribution in [0.5, 0.6) is 0 Å². The predicted molar refractivity (Wildman–Crippen MR) is 107 cm³/mol. The molecule has 29 heavy (non-hydrogen) atoms. The van der Waals surface area contributed by atoms with Crippen LogP contribution in [-0.2, 0) is 32.6 Å². The number of aromatic nitrogens is 2. The van der Waals surface area contributed by atoms with Crippen LogP contribution in [0.4, 0.5) is 5.69 Å². The van der Waals surface area contributed by atoms with Gasteiger partial charge in [-0.3, -0.25) is 14.9 Å². The summed E-state index contributed by atoms with van der Waals surface area (Å²) in [7, 11) is 0. The first-order valence-corrected chi connectivity index (χ1v) is 9.04. The maximum atomic E-state index is 4.47. The van der Waals surface area contributed by atoms with Gasteiger partial charge in [0.05, 0.1) is 11.4 Å². The van der Waals surface area contributed by atoms with Crippen LogP contribution in [0.3, 0.4) is 0 Å². The van der Waals surface area contributed by atoms with Crippen molar-refractivity contribution in [1.82, 2.24) is 14.9 Å². The first-order chi connectivity index (χ1) is 12.7. The van der Waals surface area contributed by atoms with Gasteiger partial charge in [0.2, 0.25) is 0 Å². The summed E-state index contributed by atoms with van der Waals surface area (Å²) < 4.78 is 0. The van der Waals surface area contributed by atoms with Gasteiger partial charge < -0.3 is 30.1 Å². The first kappa shape index (κ1) is 27.5. The standard InChI is InChI=1S/C22H26N4.2ClH.Ru/c1-18-8-7-9-19(2)22(18)25-14-15-26(16-20-10-3-5-12-23-20)17-21-11-4-6-13-24-21;;;/h3-13,25H,14-17H2,1-2H3;2*1H;/q;;;+2/p-2. The second-order valence-electron chi connectivity index (χ2n) is 6.55. The van der Waals surface area contributed by atoms with Crippen LogP contribution < -0.4 is 30.1 Å². The molecule has 0 aliphatic carbocycles. The zero-order valence-electron chi connectivity index (χ0n) is 16.6.